The van der Waals surface area contributed by atoms with Crippen LogP contribution in [0.5, 0.6) is 5.75 Å². The van der Waals surface area contributed by atoms with Crippen molar-refractivity contribution in [2.24, 2.45) is 0 Å². The standard InChI is InChI=1S/C11H14N2O3S/c1-2-12-11(17)13-8-5-7(6-10(15)16)3-4-9(8)14/h3-5,14H,2,6H2,1H3,(H,15,16)(H2,12,13,17). The number of phenolic OH excluding ortho intramolecular Hbond substituents is 1. The predicted molar refractivity (Wildman–Crippen MR) is 69.3 cm³/mol. The molecule has 0 aromatic heterocycles. The van der Waals surface area contributed by atoms with Crippen molar-refractivity contribution in [3.63, 3.8) is 0 Å². The minimum Gasteiger partial charge on any atom is -0.506 e. The summed E-state index contributed by atoms with van der Waals surface area (Å²) >= 11 is 4.98. The van der Waals surface area contributed by atoms with Crippen LogP contribution in [0.15, 0.2) is 18.2 Å². The Morgan fingerprint density at radius 3 is 2.76 bits per heavy atom. The molecule has 0 aliphatic rings. The topological polar surface area (TPSA) is 81.6 Å². The Morgan fingerprint density at radius 1 is 1.47 bits per heavy atom. The monoisotopic (exact) mass is 254 g/mol. The second kappa shape index (κ2) is 6.05. The minimum atomic E-state index is -0.920. The van der Waals surface area contributed by atoms with E-state index in [9.17, 15) is 9.90 Å². The highest BCUT2D eigenvalue weighted by Gasteiger charge is 2.06. The van der Waals surface area contributed by atoms with Gasteiger partial charge in [0.25, 0.3) is 0 Å². The Bertz CT molecular complexity index is 435. The van der Waals surface area contributed by atoms with Crippen molar-refractivity contribution in [2.45, 2.75) is 13.3 Å². The maximum atomic E-state index is 10.6. The first kappa shape index (κ1) is 13.2. The highest BCUT2D eigenvalue weighted by Crippen LogP contribution is 2.24. The van der Waals surface area contributed by atoms with E-state index >= 15 is 0 Å². The molecule has 5 nitrogen and oxygen atoms in total. The molecular weight excluding hydrogens is 240 g/mol. The fraction of sp³-hybridized carbons (Fsp3) is 0.273. The molecule has 0 amide bonds. The molecule has 0 heterocycles. The summed E-state index contributed by atoms with van der Waals surface area (Å²) in [6, 6.07) is 4.56. The van der Waals surface area contributed by atoms with Crippen LogP contribution >= 0.6 is 12.2 Å². The second-order valence-electron chi connectivity index (χ2n) is 3.41. The Kier molecular flexibility index (Phi) is 4.71. The highest BCUT2D eigenvalue weighted by molar-refractivity contribution is 7.80. The van der Waals surface area contributed by atoms with Crippen LogP contribution in [0.1, 0.15) is 12.5 Å². The zero-order valence-electron chi connectivity index (χ0n) is 9.36. The van der Waals surface area contributed by atoms with Gasteiger partial charge in [-0.25, -0.2) is 0 Å². The smallest absolute Gasteiger partial charge is 0.307 e. The number of rotatable bonds is 4. The van der Waals surface area contributed by atoms with Crippen LogP contribution in [0.2, 0.25) is 0 Å². The van der Waals surface area contributed by atoms with Gasteiger partial charge in [-0.05, 0) is 36.8 Å². The number of carboxylic acid groups (broad SMARTS) is 1. The van der Waals surface area contributed by atoms with Crippen LogP contribution in [-0.4, -0.2) is 27.8 Å². The summed E-state index contributed by atoms with van der Waals surface area (Å²) in [5.41, 5.74) is 0.992. The summed E-state index contributed by atoms with van der Waals surface area (Å²) in [6.45, 7) is 2.57. The second-order valence-corrected chi connectivity index (χ2v) is 3.81. The van der Waals surface area contributed by atoms with E-state index in [2.05, 4.69) is 10.6 Å². The molecule has 92 valence electrons. The molecule has 0 bridgehead atoms. The molecule has 1 rings (SSSR count). The van der Waals surface area contributed by atoms with Gasteiger partial charge in [-0.2, -0.15) is 0 Å². The molecule has 0 radical (unpaired) electrons. The summed E-state index contributed by atoms with van der Waals surface area (Å²) in [5.74, 6) is -0.893. The normalized spacial score (nSPS) is 9.71. The molecular formula is C11H14N2O3S. The van der Waals surface area contributed by atoms with Crippen molar-refractivity contribution < 1.29 is 15.0 Å². The lowest BCUT2D eigenvalue weighted by Gasteiger charge is -2.11. The molecule has 0 spiro atoms. The van der Waals surface area contributed by atoms with Crippen molar-refractivity contribution in [1.29, 1.82) is 0 Å². The third-order valence-electron chi connectivity index (χ3n) is 2.00. The number of aliphatic carboxylic acids is 1. The average Bonchev–Trinajstić information content (AvgIpc) is 2.22. The molecule has 0 aliphatic heterocycles. The van der Waals surface area contributed by atoms with E-state index in [-0.39, 0.29) is 12.2 Å². The molecule has 1 aromatic carbocycles. The Hall–Kier alpha value is -1.82. The number of nitrogens with one attached hydrogen (secondary N) is 2. The summed E-state index contributed by atoms with van der Waals surface area (Å²) in [4.78, 5) is 10.6. The molecule has 0 saturated heterocycles. The van der Waals surface area contributed by atoms with Gasteiger partial charge in [0.15, 0.2) is 5.11 Å². The van der Waals surface area contributed by atoms with Crippen LogP contribution in [0.25, 0.3) is 0 Å². The minimum absolute atomic E-state index is 0.0272. The van der Waals surface area contributed by atoms with E-state index in [0.29, 0.717) is 22.9 Å². The summed E-state index contributed by atoms with van der Waals surface area (Å²) in [7, 11) is 0. The first-order chi connectivity index (χ1) is 8.02. The van der Waals surface area contributed by atoms with E-state index in [4.69, 9.17) is 17.3 Å². The van der Waals surface area contributed by atoms with Crippen LogP contribution in [0, 0.1) is 0 Å². The van der Waals surface area contributed by atoms with Crippen LogP contribution in [0.3, 0.4) is 0 Å². The van der Waals surface area contributed by atoms with Crippen LogP contribution in [-0.2, 0) is 11.2 Å². The maximum Gasteiger partial charge on any atom is 0.307 e. The van der Waals surface area contributed by atoms with Gasteiger partial charge in [0.05, 0.1) is 12.1 Å². The zero-order chi connectivity index (χ0) is 12.8. The molecule has 4 N–H and O–H groups in total. The number of hydrogen-bond donors (Lipinski definition) is 4. The van der Waals surface area contributed by atoms with E-state index in [1.807, 2.05) is 6.92 Å². The van der Waals surface area contributed by atoms with E-state index in [1.54, 1.807) is 12.1 Å². The summed E-state index contributed by atoms with van der Waals surface area (Å²) < 4.78 is 0. The Morgan fingerprint density at radius 2 is 2.18 bits per heavy atom. The van der Waals surface area contributed by atoms with E-state index < -0.39 is 5.97 Å². The predicted octanol–water partition coefficient (Wildman–Crippen LogP) is 1.33. The van der Waals surface area contributed by atoms with Gasteiger partial charge in [-0.1, -0.05) is 6.07 Å². The van der Waals surface area contributed by atoms with Gasteiger partial charge < -0.3 is 20.8 Å². The molecule has 6 heteroatoms. The quantitative estimate of drug-likeness (QED) is 0.479. The van der Waals surface area contributed by atoms with Gasteiger partial charge in [0.2, 0.25) is 0 Å². The number of carbonyl (C=O) groups is 1. The lowest BCUT2D eigenvalue weighted by atomic mass is 10.1. The van der Waals surface area contributed by atoms with Gasteiger partial charge in [0, 0.05) is 6.54 Å². The van der Waals surface area contributed by atoms with Gasteiger partial charge in [0.1, 0.15) is 5.75 Å². The van der Waals surface area contributed by atoms with E-state index in [0.717, 1.165) is 0 Å². The van der Waals surface area contributed by atoms with Gasteiger partial charge in [-0.3, -0.25) is 4.79 Å². The lowest BCUT2D eigenvalue weighted by Crippen LogP contribution is -2.27. The van der Waals surface area contributed by atoms with Crippen molar-refractivity contribution in [3.05, 3.63) is 23.8 Å². The summed E-state index contributed by atoms with van der Waals surface area (Å²) in [6.07, 6.45) is -0.0943. The molecule has 17 heavy (non-hydrogen) atoms. The maximum absolute atomic E-state index is 10.6. The summed E-state index contributed by atoms with van der Waals surface area (Å²) in [5, 5.41) is 24.3. The number of anilines is 1. The Labute approximate surface area is 104 Å². The zero-order valence-corrected chi connectivity index (χ0v) is 10.2. The van der Waals surface area contributed by atoms with Crippen molar-refractivity contribution in [3.8, 4) is 5.75 Å². The molecule has 0 unspecified atom stereocenters. The number of aromatic hydroxyl groups is 1. The van der Waals surface area contributed by atoms with Gasteiger partial charge in [-0.15, -0.1) is 0 Å². The third kappa shape index (κ3) is 4.28. The Balaban J connectivity index is 2.83. The van der Waals surface area contributed by atoms with Crippen molar-refractivity contribution in [2.75, 3.05) is 11.9 Å². The number of carboxylic acids is 1. The van der Waals surface area contributed by atoms with Crippen LogP contribution < -0.4 is 10.6 Å². The molecule has 1 aromatic rings. The fourth-order valence-corrected chi connectivity index (χ4v) is 1.55. The number of phenols is 1. The van der Waals surface area contributed by atoms with Crippen LogP contribution in [0.4, 0.5) is 5.69 Å². The molecule has 0 fully saturated rings. The first-order valence-corrected chi connectivity index (χ1v) is 5.52. The molecule has 0 aliphatic carbocycles. The first-order valence-electron chi connectivity index (χ1n) is 5.11. The number of benzene rings is 1. The molecule has 0 saturated carbocycles. The SMILES string of the molecule is CCNC(=S)Nc1cc(CC(=O)O)ccc1O. The van der Waals surface area contributed by atoms with Crippen molar-refractivity contribution >= 4 is 29.0 Å². The largest absolute Gasteiger partial charge is 0.506 e. The number of thiocarbonyl (C=S) groups is 1. The van der Waals surface area contributed by atoms with E-state index in [1.165, 1.54) is 6.07 Å². The van der Waals surface area contributed by atoms with Crippen molar-refractivity contribution in [1.82, 2.24) is 5.32 Å². The lowest BCUT2D eigenvalue weighted by molar-refractivity contribution is -0.136. The average molecular weight is 254 g/mol. The highest BCUT2D eigenvalue weighted by atomic mass is 32.1. The third-order valence-corrected chi connectivity index (χ3v) is 2.25. The number of hydrogen-bond acceptors (Lipinski definition) is 3. The van der Waals surface area contributed by atoms with Gasteiger partial charge >= 0.3 is 5.97 Å². The fourth-order valence-electron chi connectivity index (χ4n) is 1.29. The molecule has 0 atom stereocenters.